The van der Waals surface area contributed by atoms with Crippen molar-refractivity contribution in [2.45, 2.75) is 45.3 Å². The summed E-state index contributed by atoms with van der Waals surface area (Å²) < 4.78 is 11.8. The van der Waals surface area contributed by atoms with Crippen molar-refractivity contribution in [3.05, 3.63) is 28.2 Å². The summed E-state index contributed by atoms with van der Waals surface area (Å²) in [5, 5.41) is 3.61. The van der Waals surface area contributed by atoms with E-state index in [0.717, 1.165) is 36.0 Å². The number of methoxy groups -OCH3 is 2. The molecule has 0 amide bonds. The molecule has 0 bridgehead atoms. The molecule has 0 aliphatic heterocycles. The molecule has 2 atom stereocenters. The molecule has 114 valence electrons. The van der Waals surface area contributed by atoms with Gasteiger partial charge in [-0.2, -0.15) is 0 Å². The number of ether oxygens (including phenoxy) is 2. The van der Waals surface area contributed by atoms with Crippen molar-refractivity contribution in [1.29, 1.82) is 0 Å². The second kappa shape index (κ2) is 9.37. The van der Waals surface area contributed by atoms with Crippen molar-refractivity contribution in [3.8, 4) is 5.75 Å². The van der Waals surface area contributed by atoms with E-state index in [-0.39, 0.29) is 6.10 Å². The zero-order chi connectivity index (χ0) is 15.0. The second-order valence-electron chi connectivity index (χ2n) is 5.09. The molecule has 0 radical (unpaired) electrons. The van der Waals surface area contributed by atoms with Crippen LogP contribution in [0.5, 0.6) is 5.75 Å². The van der Waals surface area contributed by atoms with Crippen LogP contribution in [-0.4, -0.2) is 32.9 Å². The van der Waals surface area contributed by atoms with Crippen LogP contribution in [0.25, 0.3) is 0 Å². The van der Waals surface area contributed by atoms with Crippen molar-refractivity contribution >= 4 is 15.9 Å². The molecular weight excluding hydrogens is 318 g/mol. The summed E-state index contributed by atoms with van der Waals surface area (Å²) in [5.74, 6) is 0.900. The highest BCUT2D eigenvalue weighted by molar-refractivity contribution is 9.10. The summed E-state index contributed by atoms with van der Waals surface area (Å²) in [6.07, 6.45) is 3.36. The van der Waals surface area contributed by atoms with E-state index in [1.807, 2.05) is 12.1 Å². The Balaban J connectivity index is 2.76. The fraction of sp³-hybridized carbons (Fsp3) is 0.625. The summed E-state index contributed by atoms with van der Waals surface area (Å²) in [7, 11) is 3.47. The molecule has 0 aliphatic carbocycles. The van der Waals surface area contributed by atoms with Gasteiger partial charge in [0.05, 0.1) is 13.2 Å². The zero-order valence-electron chi connectivity index (χ0n) is 12.9. The lowest BCUT2D eigenvalue weighted by Gasteiger charge is -2.22. The smallest absolute Gasteiger partial charge is 0.119 e. The average Bonchev–Trinajstić information content (AvgIpc) is 2.46. The number of hydrogen-bond acceptors (Lipinski definition) is 3. The highest BCUT2D eigenvalue weighted by Gasteiger charge is 2.15. The maximum atomic E-state index is 5.40. The number of rotatable bonds is 9. The second-order valence-corrected chi connectivity index (χ2v) is 5.95. The van der Waals surface area contributed by atoms with Crippen LogP contribution in [0.3, 0.4) is 0 Å². The highest BCUT2D eigenvalue weighted by Crippen LogP contribution is 2.24. The molecule has 1 aromatic rings. The molecule has 20 heavy (non-hydrogen) atoms. The summed E-state index contributed by atoms with van der Waals surface area (Å²) in [4.78, 5) is 0. The van der Waals surface area contributed by atoms with Gasteiger partial charge in [-0.25, -0.2) is 0 Å². The molecule has 0 saturated carbocycles. The lowest BCUT2D eigenvalue weighted by atomic mass is 10.0. The molecule has 0 aromatic heterocycles. The lowest BCUT2D eigenvalue weighted by Crippen LogP contribution is -2.35. The van der Waals surface area contributed by atoms with E-state index in [2.05, 4.69) is 41.2 Å². The minimum absolute atomic E-state index is 0.258. The van der Waals surface area contributed by atoms with Crippen LogP contribution in [0.1, 0.15) is 32.3 Å². The van der Waals surface area contributed by atoms with Gasteiger partial charge in [0, 0.05) is 17.6 Å². The minimum atomic E-state index is 0.258. The van der Waals surface area contributed by atoms with E-state index >= 15 is 0 Å². The van der Waals surface area contributed by atoms with Crippen LogP contribution in [-0.2, 0) is 11.2 Å². The summed E-state index contributed by atoms with van der Waals surface area (Å²) in [5.41, 5.74) is 1.27. The van der Waals surface area contributed by atoms with Crippen LogP contribution >= 0.6 is 15.9 Å². The average molecular weight is 344 g/mol. The standard InChI is InChI=1S/C16H26BrNO2/c1-5-8-18-14(9-12(2)19-3)10-13-11-15(20-4)6-7-16(13)17/h6-7,11-12,14,18H,5,8-10H2,1-4H3. The monoisotopic (exact) mass is 343 g/mol. The number of benzene rings is 1. The van der Waals surface area contributed by atoms with Crippen molar-refractivity contribution in [3.63, 3.8) is 0 Å². The van der Waals surface area contributed by atoms with Gasteiger partial charge in [0.2, 0.25) is 0 Å². The lowest BCUT2D eigenvalue weighted by molar-refractivity contribution is 0.100. The summed E-state index contributed by atoms with van der Waals surface area (Å²) >= 11 is 3.63. The van der Waals surface area contributed by atoms with E-state index in [0.29, 0.717) is 6.04 Å². The first-order valence-electron chi connectivity index (χ1n) is 7.19. The molecule has 0 spiro atoms. The summed E-state index contributed by atoms with van der Waals surface area (Å²) in [6, 6.07) is 6.53. The minimum Gasteiger partial charge on any atom is -0.497 e. The Kier molecular flexibility index (Phi) is 8.19. The quantitative estimate of drug-likeness (QED) is 0.739. The third-order valence-electron chi connectivity index (χ3n) is 3.42. The van der Waals surface area contributed by atoms with Crippen LogP contribution in [0.2, 0.25) is 0 Å². The molecule has 0 saturated heterocycles. The zero-order valence-corrected chi connectivity index (χ0v) is 14.5. The predicted octanol–water partition coefficient (Wildman–Crippen LogP) is 3.79. The first kappa shape index (κ1) is 17.5. The molecule has 1 N–H and O–H groups in total. The van der Waals surface area contributed by atoms with Gasteiger partial charge in [-0.15, -0.1) is 0 Å². The molecule has 2 unspecified atom stereocenters. The van der Waals surface area contributed by atoms with Gasteiger partial charge in [-0.1, -0.05) is 22.9 Å². The van der Waals surface area contributed by atoms with Crippen LogP contribution in [0.4, 0.5) is 0 Å². The van der Waals surface area contributed by atoms with Gasteiger partial charge in [-0.3, -0.25) is 0 Å². The Morgan fingerprint density at radius 3 is 2.65 bits per heavy atom. The largest absolute Gasteiger partial charge is 0.497 e. The third kappa shape index (κ3) is 5.81. The van der Waals surface area contributed by atoms with Gasteiger partial charge in [0.15, 0.2) is 0 Å². The van der Waals surface area contributed by atoms with Crippen LogP contribution < -0.4 is 10.1 Å². The SMILES string of the molecule is CCCNC(Cc1cc(OC)ccc1Br)CC(C)OC. The molecule has 0 fully saturated rings. The van der Waals surface area contributed by atoms with Gasteiger partial charge in [0.25, 0.3) is 0 Å². The van der Waals surface area contributed by atoms with Gasteiger partial charge < -0.3 is 14.8 Å². The fourth-order valence-corrected chi connectivity index (χ4v) is 2.59. The van der Waals surface area contributed by atoms with E-state index in [9.17, 15) is 0 Å². The van der Waals surface area contributed by atoms with E-state index in [4.69, 9.17) is 9.47 Å². The Labute approximate surface area is 131 Å². The Morgan fingerprint density at radius 1 is 1.30 bits per heavy atom. The first-order chi connectivity index (χ1) is 9.60. The normalized spacial score (nSPS) is 14.1. The molecule has 0 aliphatic rings. The fourth-order valence-electron chi connectivity index (χ4n) is 2.18. The molecular formula is C16H26BrNO2. The van der Waals surface area contributed by atoms with Crippen molar-refractivity contribution in [2.24, 2.45) is 0 Å². The third-order valence-corrected chi connectivity index (χ3v) is 4.19. The first-order valence-corrected chi connectivity index (χ1v) is 7.98. The molecule has 1 rings (SSSR count). The number of hydrogen-bond donors (Lipinski definition) is 1. The van der Waals surface area contributed by atoms with Crippen molar-refractivity contribution in [2.75, 3.05) is 20.8 Å². The van der Waals surface area contributed by atoms with Gasteiger partial charge in [0.1, 0.15) is 5.75 Å². The van der Waals surface area contributed by atoms with E-state index in [1.54, 1.807) is 14.2 Å². The predicted molar refractivity (Wildman–Crippen MR) is 87.6 cm³/mol. The molecule has 3 nitrogen and oxygen atoms in total. The van der Waals surface area contributed by atoms with Crippen LogP contribution in [0, 0.1) is 0 Å². The van der Waals surface area contributed by atoms with E-state index < -0.39 is 0 Å². The van der Waals surface area contributed by atoms with Gasteiger partial charge in [-0.05, 0) is 56.5 Å². The van der Waals surface area contributed by atoms with Crippen LogP contribution in [0.15, 0.2) is 22.7 Å². The Hall–Kier alpha value is -0.580. The maximum absolute atomic E-state index is 5.40. The Morgan fingerprint density at radius 2 is 2.05 bits per heavy atom. The summed E-state index contributed by atoms with van der Waals surface area (Å²) in [6.45, 7) is 5.33. The maximum Gasteiger partial charge on any atom is 0.119 e. The van der Waals surface area contributed by atoms with Gasteiger partial charge >= 0.3 is 0 Å². The number of halogens is 1. The van der Waals surface area contributed by atoms with Crippen molar-refractivity contribution < 1.29 is 9.47 Å². The van der Waals surface area contributed by atoms with E-state index in [1.165, 1.54) is 5.56 Å². The number of nitrogens with one attached hydrogen (secondary N) is 1. The topological polar surface area (TPSA) is 30.5 Å². The molecule has 1 aromatic carbocycles. The van der Waals surface area contributed by atoms with Crippen molar-refractivity contribution in [1.82, 2.24) is 5.32 Å². The highest BCUT2D eigenvalue weighted by atomic mass is 79.9. The molecule has 4 heteroatoms. The molecule has 0 heterocycles. The Bertz CT molecular complexity index is 398.